The standard InChI is InChI=1S/C13H12.C7H6ClN3O2/c1-3-7-12(8-4-1)11-13-9-5-2-6-10-13;8-6-9-2-1-5(10-6)11-3-4-13-7(11)12/h1-10H,11H2;1-2H,3-4H2. The molecular weight excluding hydrogens is 350 g/mol. The molecular formula is C20H18ClN3O2. The Morgan fingerprint density at radius 1 is 0.962 bits per heavy atom. The average Bonchev–Trinajstić information content (AvgIpc) is 3.10. The van der Waals surface area contributed by atoms with Gasteiger partial charge in [0.05, 0.1) is 6.54 Å². The summed E-state index contributed by atoms with van der Waals surface area (Å²) in [7, 11) is 0. The van der Waals surface area contributed by atoms with Gasteiger partial charge in [-0.2, -0.15) is 0 Å². The minimum absolute atomic E-state index is 0.122. The van der Waals surface area contributed by atoms with E-state index in [2.05, 4.69) is 70.6 Å². The predicted octanol–water partition coefficient (Wildman–Crippen LogP) is 4.36. The Labute approximate surface area is 157 Å². The van der Waals surface area contributed by atoms with Crippen LogP contribution in [0.2, 0.25) is 5.28 Å². The van der Waals surface area contributed by atoms with Gasteiger partial charge >= 0.3 is 6.09 Å². The quantitative estimate of drug-likeness (QED) is 0.645. The lowest BCUT2D eigenvalue weighted by atomic mass is 10.1. The summed E-state index contributed by atoms with van der Waals surface area (Å²) in [5.41, 5.74) is 2.74. The number of carbonyl (C=O) groups excluding carboxylic acids is 1. The van der Waals surface area contributed by atoms with Crippen LogP contribution < -0.4 is 4.90 Å². The van der Waals surface area contributed by atoms with E-state index in [0.29, 0.717) is 19.0 Å². The summed E-state index contributed by atoms with van der Waals surface area (Å²) in [4.78, 5) is 20.1. The van der Waals surface area contributed by atoms with Crippen LogP contribution in [0.1, 0.15) is 11.1 Å². The Hall–Kier alpha value is -2.92. The second kappa shape index (κ2) is 8.97. The highest BCUT2D eigenvalue weighted by Crippen LogP contribution is 2.16. The molecule has 5 nitrogen and oxygen atoms in total. The molecule has 1 fully saturated rings. The van der Waals surface area contributed by atoms with Crippen molar-refractivity contribution in [3.8, 4) is 0 Å². The fourth-order valence-corrected chi connectivity index (χ4v) is 2.65. The van der Waals surface area contributed by atoms with Gasteiger partial charge in [-0.15, -0.1) is 0 Å². The van der Waals surface area contributed by atoms with Crippen molar-refractivity contribution in [1.82, 2.24) is 9.97 Å². The fourth-order valence-electron chi connectivity index (χ4n) is 2.51. The summed E-state index contributed by atoms with van der Waals surface area (Å²) >= 11 is 5.57. The highest BCUT2D eigenvalue weighted by Gasteiger charge is 2.24. The smallest absolute Gasteiger partial charge is 0.415 e. The van der Waals surface area contributed by atoms with Crippen LogP contribution in [-0.2, 0) is 11.2 Å². The number of benzene rings is 2. The van der Waals surface area contributed by atoms with Crippen LogP contribution >= 0.6 is 11.6 Å². The van der Waals surface area contributed by atoms with Crippen molar-refractivity contribution in [2.75, 3.05) is 18.1 Å². The number of nitrogens with zero attached hydrogens (tertiary/aromatic N) is 3. The van der Waals surface area contributed by atoms with Gasteiger partial charge in [-0.1, -0.05) is 60.7 Å². The SMILES string of the molecule is O=C1OCCN1c1ccnc(Cl)n1.c1ccc(Cc2ccccc2)cc1. The van der Waals surface area contributed by atoms with E-state index in [1.54, 1.807) is 6.07 Å². The molecule has 3 aromatic rings. The van der Waals surface area contributed by atoms with Crippen molar-refractivity contribution >= 4 is 23.5 Å². The van der Waals surface area contributed by atoms with Crippen molar-refractivity contribution in [2.24, 2.45) is 0 Å². The molecule has 26 heavy (non-hydrogen) atoms. The number of cyclic esters (lactones) is 1. The second-order valence-electron chi connectivity index (χ2n) is 5.60. The first kappa shape index (κ1) is 17.9. The van der Waals surface area contributed by atoms with Gasteiger partial charge < -0.3 is 4.74 Å². The third-order valence-electron chi connectivity index (χ3n) is 3.74. The van der Waals surface area contributed by atoms with Crippen LogP contribution in [0.5, 0.6) is 0 Å². The molecule has 0 aliphatic carbocycles. The summed E-state index contributed by atoms with van der Waals surface area (Å²) in [6.45, 7) is 0.895. The Bertz CT molecular complexity index is 806. The lowest BCUT2D eigenvalue weighted by Gasteiger charge is -2.10. The maximum absolute atomic E-state index is 11.1. The molecule has 1 aliphatic rings. The average molecular weight is 368 g/mol. The Kier molecular flexibility index (Phi) is 6.17. The number of carbonyl (C=O) groups is 1. The zero-order valence-electron chi connectivity index (χ0n) is 14.1. The van der Waals surface area contributed by atoms with Crippen LogP contribution in [0.25, 0.3) is 0 Å². The van der Waals surface area contributed by atoms with Crippen LogP contribution in [0.3, 0.4) is 0 Å². The lowest BCUT2D eigenvalue weighted by Crippen LogP contribution is -2.24. The van der Waals surface area contributed by atoms with Crippen LogP contribution in [0.15, 0.2) is 72.9 Å². The molecule has 1 saturated heterocycles. The number of ether oxygens (including phenoxy) is 1. The zero-order valence-corrected chi connectivity index (χ0v) is 14.8. The highest BCUT2D eigenvalue weighted by molar-refractivity contribution is 6.28. The maximum atomic E-state index is 11.1. The van der Waals surface area contributed by atoms with Crippen molar-refractivity contribution in [1.29, 1.82) is 0 Å². The summed E-state index contributed by atoms with van der Waals surface area (Å²) < 4.78 is 4.74. The third-order valence-corrected chi connectivity index (χ3v) is 3.92. The predicted molar refractivity (Wildman–Crippen MR) is 101 cm³/mol. The number of aromatic nitrogens is 2. The molecule has 0 radical (unpaired) electrons. The van der Waals surface area contributed by atoms with E-state index in [-0.39, 0.29) is 5.28 Å². The van der Waals surface area contributed by atoms with Gasteiger partial charge in [-0.3, -0.25) is 4.90 Å². The summed E-state index contributed by atoms with van der Waals surface area (Å²) in [6, 6.07) is 22.7. The van der Waals surface area contributed by atoms with E-state index in [0.717, 1.165) is 6.42 Å². The Morgan fingerprint density at radius 2 is 1.58 bits per heavy atom. The van der Waals surface area contributed by atoms with Gasteiger partial charge in [0, 0.05) is 6.20 Å². The zero-order chi connectivity index (χ0) is 18.2. The normalized spacial score (nSPS) is 13.0. The van der Waals surface area contributed by atoms with Gasteiger partial charge in [0.25, 0.3) is 0 Å². The van der Waals surface area contributed by atoms with Crippen molar-refractivity contribution in [2.45, 2.75) is 6.42 Å². The molecule has 6 heteroatoms. The number of halogens is 1. The minimum atomic E-state index is -0.394. The molecule has 0 N–H and O–H groups in total. The molecule has 2 aromatic carbocycles. The first-order chi connectivity index (χ1) is 12.7. The monoisotopic (exact) mass is 367 g/mol. The molecule has 0 unspecified atom stereocenters. The largest absolute Gasteiger partial charge is 0.447 e. The van der Waals surface area contributed by atoms with E-state index in [9.17, 15) is 4.79 Å². The summed E-state index contributed by atoms with van der Waals surface area (Å²) in [6.07, 6.45) is 2.13. The van der Waals surface area contributed by atoms with Gasteiger partial charge in [0.15, 0.2) is 0 Å². The molecule has 1 aromatic heterocycles. The van der Waals surface area contributed by atoms with Gasteiger partial charge in [0.1, 0.15) is 12.4 Å². The molecule has 0 saturated carbocycles. The van der Waals surface area contributed by atoms with Gasteiger partial charge in [-0.05, 0) is 35.2 Å². The van der Waals surface area contributed by atoms with Crippen molar-refractivity contribution in [3.63, 3.8) is 0 Å². The second-order valence-corrected chi connectivity index (χ2v) is 5.94. The first-order valence-corrected chi connectivity index (χ1v) is 8.61. The number of amides is 1. The molecule has 4 rings (SSSR count). The van der Waals surface area contributed by atoms with Crippen LogP contribution in [0, 0.1) is 0 Å². The third kappa shape index (κ3) is 5.04. The Morgan fingerprint density at radius 3 is 2.08 bits per heavy atom. The molecule has 0 atom stereocenters. The van der Waals surface area contributed by atoms with E-state index in [1.165, 1.54) is 22.2 Å². The Balaban J connectivity index is 0.000000151. The molecule has 2 heterocycles. The number of hydrogen-bond donors (Lipinski definition) is 0. The molecule has 0 bridgehead atoms. The number of rotatable bonds is 3. The highest BCUT2D eigenvalue weighted by atomic mass is 35.5. The minimum Gasteiger partial charge on any atom is -0.447 e. The lowest BCUT2D eigenvalue weighted by molar-refractivity contribution is 0.181. The molecule has 0 spiro atoms. The topological polar surface area (TPSA) is 55.3 Å². The first-order valence-electron chi connectivity index (χ1n) is 8.23. The fraction of sp³-hybridized carbons (Fsp3) is 0.150. The van der Waals surface area contributed by atoms with Crippen LogP contribution in [-0.4, -0.2) is 29.2 Å². The van der Waals surface area contributed by atoms with E-state index in [4.69, 9.17) is 16.3 Å². The van der Waals surface area contributed by atoms with E-state index >= 15 is 0 Å². The molecule has 1 amide bonds. The van der Waals surface area contributed by atoms with Crippen molar-refractivity contribution < 1.29 is 9.53 Å². The molecule has 132 valence electrons. The van der Waals surface area contributed by atoms with E-state index < -0.39 is 6.09 Å². The summed E-state index contributed by atoms with van der Waals surface area (Å²) in [5.74, 6) is 0.475. The number of anilines is 1. The van der Waals surface area contributed by atoms with Crippen LogP contribution in [0.4, 0.5) is 10.6 Å². The van der Waals surface area contributed by atoms with Gasteiger partial charge in [0.2, 0.25) is 5.28 Å². The van der Waals surface area contributed by atoms with E-state index in [1.807, 2.05) is 0 Å². The van der Waals surface area contributed by atoms with Gasteiger partial charge in [-0.25, -0.2) is 14.8 Å². The summed E-state index contributed by atoms with van der Waals surface area (Å²) in [5, 5.41) is 0.122. The maximum Gasteiger partial charge on any atom is 0.415 e. The molecule has 1 aliphatic heterocycles. The number of hydrogen-bond acceptors (Lipinski definition) is 4. The van der Waals surface area contributed by atoms with Crippen molar-refractivity contribution in [3.05, 3.63) is 89.3 Å².